The standard InChI is InChI=1S/C7H6BrF3N2O3S/c8-3-1-2-4(17(13,14)15)5(12)6(3)16-7(9,10)11/h1-2H,12H2,(H2,13,14,15). The molecule has 0 atom stereocenters. The average molecular weight is 335 g/mol. The number of benzene rings is 1. The number of nitrogen functional groups attached to an aromatic ring is 1. The average Bonchev–Trinajstić information content (AvgIpc) is 2.08. The first-order valence-corrected chi connectivity index (χ1v) is 6.23. The SMILES string of the molecule is Nc1c(S(N)(=O)=O)ccc(Br)c1OC(F)(F)F. The van der Waals surface area contributed by atoms with E-state index in [9.17, 15) is 21.6 Å². The minimum absolute atomic E-state index is 0.139. The molecular weight excluding hydrogens is 329 g/mol. The molecule has 5 nitrogen and oxygen atoms in total. The predicted molar refractivity (Wildman–Crippen MR) is 56.6 cm³/mol. The van der Waals surface area contributed by atoms with E-state index in [1.807, 2.05) is 0 Å². The van der Waals surface area contributed by atoms with E-state index in [0.29, 0.717) is 0 Å². The van der Waals surface area contributed by atoms with Crippen LogP contribution in [0.2, 0.25) is 0 Å². The van der Waals surface area contributed by atoms with Crippen molar-refractivity contribution in [2.24, 2.45) is 5.14 Å². The maximum Gasteiger partial charge on any atom is 0.573 e. The number of sulfonamides is 1. The lowest BCUT2D eigenvalue weighted by atomic mass is 10.3. The van der Waals surface area contributed by atoms with Crippen LogP contribution in [0.25, 0.3) is 0 Å². The van der Waals surface area contributed by atoms with Crippen LogP contribution in [0, 0.1) is 0 Å². The largest absolute Gasteiger partial charge is 0.573 e. The van der Waals surface area contributed by atoms with Crippen molar-refractivity contribution >= 4 is 31.6 Å². The van der Waals surface area contributed by atoms with Gasteiger partial charge in [-0.2, -0.15) is 0 Å². The molecule has 1 aromatic carbocycles. The van der Waals surface area contributed by atoms with Gasteiger partial charge in [0.1, 0.15) is 4.90 Å². The fraction of sp³-hybridized carbons (Fsp3) is 0.143. The van der Waals surface area contributed by atoms with Crippen molar-refractivity contribution in [3.05, 3.63) is 16.6 Å². The van der Waals surface area contributed by atoms with Crippen LogP contribution in [-0.2, 0) is 10.0 Å². The predicted octanol–water partition coefficient (Wildman–Crippen LogP) is 1.58. The van der Waals surface area contributed by atoms with Gasteiger partial charge in [0.15, 0.2) is 5.75 Å². The van der Waals surface area contributed by atoms with Gasteiger partial charge in [-0.3, -0.25) is 0 Å². The lowest BCUT2D eigenvalue weighted by molar-refractivity contribution is -0.274. The van der Waals surface area contributed by atoms with Gasteiger partial charge < -0.3 is 10.5 Å². The van der Waals surface area contributed by atoms with Crippen molar-refractivity contribution in [3.8, 4) is 5.75 Å². The summed E-state index contributed by atoms with van der Waals surface area (Å²) < 4.78 is 61.7. The van der Waals surface area contributed by atoms with Crippen LogP contribution in [0.15, 0.2) is 21.5 Å². The zero-order chi connectivity index (χ0) is 13.4. The highest BCUT2D eigenvalue weighted by Gasteiger charge is 2.34. The summed E-state index contributed by atoms with van der Waals surface area (Å²) in [5.41, 5.74) is 4.55. The molecule has 0 saturated carbocycles. The second kappa shape index (κ2) is 4.35. The molecule has 17 heavy (non-hydrogen) atoms. The molecule has 0 fully saturated rings. The maximum absolute atomic E-state index is 12.1. The molecule has 1 rings (SSSR count). The van der Waals surface area contributed by atoms with E-state index in [-0.39, 0.29) is 4.47 Å². The summed E-state index contributed by atoms with van der Waals surface area (Å²) in [7, 11) is -4.22. The molecule has 0 unspecified atom stereocenters. The zero-order valence-electron chi connectivity index (χ0n) is 7.95. The van der Waals surface area contributed by atoms with Gasteiger partial charge in [-0.1, -0.05) is 0 Å². The number of hydrogen-bond acceptors (Lipinski definition) is 4. The van der Waals surface area contributed by atoms with Crippen molar-refractivity contribution in [1.82, 2.24) is 0 Å². The van der Waals surface area contributed by atoms with E-state index < -0.39 is 32.7 Å². The molecule has 4 N–H and O–H groups in total. The van der Waals surface area contributed by atoms with Gasteiger partial charge in [0.05, 0.1) is 10.2 Å². The van der Waals surface area contributed by atoms with Crippen molar-refractivity contribution in [3.63, 3.8) is 0 Å². The van der Waals surface area contributed by atoms with E-state index in [0.717, 1.165) is 12.1 Å². The molecule has 10 heteroatoms. The number of halogens is 4. The van der Waals surface area contributed by atoms with Crippen LogP contribution in [0.4, 0.5) is 18.9 Å². The highest BCUT2D eigenvalue weighted by Crippen LogP contribution is 2.38. The quantitative estimate of drug-likeness (QED) is 0.802. The summed E-state index contributed by atoms with van der Waals surface area (Å²) in [6.07, 6.45) is -4.99. The lowest BCUT2D eigenvalue weighted by Gasteiger charge is -2.14. The first-order valence-electron chi connectivity index (χ1n) is 3.89. The molecule has 0 aromatic heterocycles. The summed E-state index contributed by atoms with van der Waals surface area (Å²) in [4.78, 5) is -0.639. The fourth-order valence-corrected chi connectivity index (χ4v) is 2.11. The van der Waals surface area contributed by atoms with E-state index in [4.69, 9.17) is 10.9 Å². The van der Waals surface area contributed by atoms with Gasteiger partial charge in [0, 0.05) is 0 Å². The summed E-state index contributed by atoms with van der Waals surface area (Å²) in [5.74, 6) is -0.843. The van der Waals surface area contributed by atoms with Gasteiger partial charge in [-0.05, 0) is 28.1 Å². The number of primary sulfonamides is 1. The van der Waals surface area contributed by atoms with Gasteiger partial charge in [0.2, 0.25) is 10.0 Å². The van der Waals surface area contributed by atoms with Gasteiger partial charge in [-0.15, -0.1) is 13.2 Å². The second-order valence-corrected chi connectivity index (χ2v) is 5.27. The van der Waals surface area contributed by atoms with Gasteiger partial charge >= 0.3 is 6.36 Å². The third-order valence-electron chi connectivity index (χ3n) is 1.63. The Hall–Kier alpha value is -1.00. The summed E-state index contributed by atoms with van der Waals surface area (Å²) >= 11 is 2.76. The van der Waals surface area contributed by atoms with Crippen LogP contribution in [0.3, 0.4) is 0 Å². The Morgan fingerprint density at radius 3 is 2.24 bits per heavy atom. The van der Waals surface area contributed by atoms with Crippen LogP contribution in [0.1, 0.15) is 0 Å². The van der Waals surface area contributed by atoms with E-state index in [2.05, 4.69) is 20.7 Å². The highest BCUT2D eigenvalue weighted by molar-refractivity contribution is 9.10. The number of nitrogens with two attached hydrogens (primary N) is 2. The smallest absolute Gasteiger partial charge is 0.402 e. The number of ether oxygens (including phenoxy) is 1. The minimum Gasteiger partial charge on any atom is -0.402 e. The lowest BCUT2D eigenvalue weighted by Crippen LogP contribution is -2.20. The second-order valence-electron chi connectivity index (χ2n) is 2.88. The first kappa shape index (κ1) is 14.1. The van der Waals surface area contributed by atoms with Crippen LogP contribution >= 0.6 is 15.9 Å². The molecule has 0 amide bonds. The first-order chi connectivity index (χ1) is 7.52. The molecule has 0 saturated heterocycles. The zero-order valence-corrected chi connectivity index (χ0v) is 10.4. The molecule has 0 bridgehead atoms. The van der Waals surface area contributed by atoms with Crippen LogP contribution in [0.5, 0.6) is 5.75 Å². The van der Waals surface area contributed by atoms with Crippen molar-refractivity contribution < 1.29 is 26.3 Å². The Morgan fingerprint density at radius 2 is 1.82 bits per heavy atom. The van der Waals surface area contributed by atoms with E-state index in [1.54, 1.807) is 0 Å². The number of anilines is 1. The number of hydrogen-bond donors (Lipinski definition) is 2. The Kier molecular flexibility index (Phi) is 3.60. The van der Waals surface area contributed by atoms with Crippen molar-refractivity contribution in [2.45, 2.75) is 11.3 Å². The van der Waals surface area contributed by atoms with Gasteiger partial charge in [-0.25, -0.2) is 13.6 Å². The number of alkyl halides is 3. The minimum atomic E-state index is -4.99. The number of rotatable bonds is 2. The van der Waals surface area contributed by atoms with E-state index in [1.165, 1.54) is 0 Å². The molecule has 0 heterocycles. The Labute approximate surface area is 103 Å². The Morgan fingerprint density at radius 1 is 1.29 bits per heavy atom. The highest BCUT2D eigenvalue weighted by atomic mass is 79.9. The van der Waals surface area contributed by atoms with Crippen molar-refractivity contribution in [2.75, 3.05) is 5.73 Å². The Balaban J connectivity index is 3.41. The molecule has 0 spiro atoms. The van der Waals surface area contributed by atoms with Crippen LogP contribution in [-0.4, -0.2) is 14.8 Å². The van der Waals surface area contributed by atoms with Crippen LogP contribution < -0.4 is 15.6 Å². The molecule has 0 aliphatic carbocycles. The maximum atomic E-state index is 12.1. The topological polar surface area (TPSA) is 95.4 Å². The molecule has 0 radical (unpaired) electrons. The third kappa shape index (κ3) is 3.48. The summed E-state index contributed by atoms with van der Waals surface area (Å²) in [5, 5.41) is 4.78. The molecule has 1 aromatic rings. The van der Waals surface area contributed by atoms with Crippen molar-refractivity contribution in [1.29, 1.82) is 0 Å². The van der Waals surface area contributed by atoms with E-state index >= 15 is 0 Å². The Bertz CT molecular complexity index is 544. The summed E-state index contributed by atoms with van der Waals surface area (Å²) in [6, 6.07) is 2.01. The summed E-state index contributed by atoms with van der Waals surface area (Å²) in [6.45, 7) is 0. The monoisotopic (exact) mass is 334 g/mol. The third-order valence-corrected chi connectivity index (χ3v) is 3.23. The normalized spacial score (nSPS) is 12.5. The molecule has 0 aliphatic heterocycles. The molecule has 0 aliphatic rings. The van der Waals surface area contributed by atoms with Gasteiger partial charge in [0.25, 0.3) is 0 Å². The molecular formula is C7H6BrF3N2O3S. The molecule has 96 valence electrons. The fourth-order valence-electron chi connectivity index (χ4n) is 1.02.